The smallest absolute Gasteiger partial charge is 0.254 e. The normalized spacial score (nSPS) is 14.8. The van der Waals surface area contributed by atoms with E-state index in [1.54, 1.807) is 42.6 Å². The Bertz CT molecular complexity index is 1390. The molecule has 1 aromatic heterocycles. The average molecular weight is 487 g/mol. The summed E-state index contributed by atoms with van der Waals surface area (Å²) >= 11 is -2.72. The van der Waals surface area contributed by atoms with Gasteiger partial charge in [0.2, 0.25) is 0 Å². The first-order chi connectivity index (χ1) is 17.1. The summed E-state index contributed by atoms with van der Waals surface area (Å²) in [5, 5.41) is 3.94. The van der Waals surface area contributed by atoms with Crippen molar-refractivity contribution in [3.05, 3.63) is 96.2 Å². The molecule has 178 valence electrons. The van der Waals surface area contributed by atoms with Gasteiger partial charge in [-0.15, -0.1) is 0 Å². The number of fused-ring (bicyclic) bond motifs is 1. The number of nitrogens with one attached hydrogen (secondary N) is 1. The van der Waals surface area contributed by atoms with Crippen molar-refractivity contribution in [2.75, 3.05) is 11.4 Å². The number of ether oxygens (including phenoxy) is 1. The molecule has 35 heavy (non-hydrogen) atoms. The van der Waals surface area contributed by atoms with E-state index in [-0.39, 0.29) is 23.2 Å². The van der Waals surface area contributed by atoms with Crippen LogP contribution in [0, 0.1) is 5.92 Å². The summed E-state index contributed by atoms with van der Waals surface area (Å²) in [5.74, 6) is 0.431. The number of pyridine rings is 1. The van der Waals surface area contributed by atoms with Gasteiger partial charge < -0.3 is 14.6 Å². The highest BCUT2D eigenvalue weighted by molar-refractivity contribution is 7.81. The third kappa shape index (κ3) is 4.76. The number of methoxy groups -OCH3 is 1. The molecule has 0 spiro atoms. The molecule has 0 aliphatic heterocycles. The summed E-state index contributed by atoms with van der Waals surface area (Å²) in [4.78, 5) is 18.1. The number of anilines is 2. The molecule has 0 saturated heterocycles. The number of hydrogen-bond acceptors (Lipinski definition) is 5. The van der Waals surface area contributed by atoms with Gasteiger partial charge >= 0.3 is 0 Å². The minimum Gasteiger partial charge on any atom is -0.755 e. The molecule has 1 fully saturated rings. The zero-order chi connectivity index (χ0) is 24.4. The first kappa shape index (κ1) is 23.0. The molecule has 5 rings (SSSR count). The van der Waals surface area contributed by atoms with Gasteiger partial charge in [-0.2, -0.15) is 0 Å². The fraction of sp³-hybridized carbons (Fsp3) is 0.185. The quantitative estimate of drug-likeness (QED) is 0.352. The van der Waals surface area contributed by atoms with Crippen LogP contribution in [-0.4, -0.2) is 26.8 Å². The number of hydrogen-bond donors (Lipinski definition) is 1. The monoisotopic (exact) mass is 486 g/mol. The molecule has 1 amide bonds. The maximum absolute atomic E-state index is 13.7. The van der Waals surface area contributed by atoms with Crippen molar-refractivity contribution < 1.29 is 18.3 Å². The molecule has 0 bridgehead atoms. The molecule has 1 aliphatic carbocycles. The summed E-state index contributed by atoms with van der Waals surface area (Å²) in [7, 11) is 1.51. The molecule has 4 aromatic rings. The lowest BCUT2D eigenvalue weighted by atomic mass is 10.0. The molecule has 7 nitrogen and oxygen atoms in total. The number of amides is 1. The average Bonchev–Trinajstić information content (AvgIpc) is 3.73. The van der Waals surface area contributed by atoms with Gasteiger partial charge in [0, 0.05) is 11.6 Å². The van der Waals surface area contributed by atoms with Gasteiger partial charge in [0.25, 0.3) is 5.91 Å². The molecule has 0 radical (unpaired) electrons. The van der Waals surface area contributed by atoms with Crippen LogP contribution in [0.1, 0.15) is 34.8 Å². The number of carbonyl (C=O) groups is 1. The highest BCUT2D eigenvalue weighted by Crippen LogP contribution is 2.42. The standard InChI is InChI=1S/C27H25N3O4S/c1-34-21-14-15-23(30(35(32)33)24-11-5-9-19-10-6-16-28-26(19)24)22(17-21)27(31)29-25(20-12-13-20)18-7-3-2-4-8-18/h2-11,14-17,20,25H,12-13H2,1H3,(H,29,31)(H,32,33)/p-1. The number of benzene rings is 3. The summed E-state index contributed by atoms with van der Waals surface area (Å²) in [6.07, 6.45) is 3.67. The van der Waals surface area contributed by atoms with Crippen LogP contribution >= 0.6 is 0 Å². The Balaban J connectivity index is 1.59. The fourth-order valence-electron chi connectivity index (χ4n) is 4.33. The van der Waals surface area contributed by atoms with Crippen LogP contribution in [0.25, 0.3) is 10.9 Å². The second kappa shape index (κ2) is 9.85. The Morgan fingerprint density at radius 1 is 1.06 bits per heavy atom. The molecule has 2 atom stereocenters. The lowest BCUT2D eigenvalue weighted by Crippen LogP contribution is -2.32. The van der Waals surface area contributed by atoms with E-state index in [0.717, 1.165) is 28.1 Å². The number of nitrogens with zero attached hydrogens (tertiary/aromatic N) is 2. The van der Waals surface area contributed by atoms with Crippen LogP contribution in [-0.2, 0) is 11.3 Å². The van der Waals surface area contributed by atoms with Crippen LogP contribution in [0.15, 0.2) is 85.1 Å². The van der Waals surface area contributed by atoms with E-state index in [2.05, 4.69) is 10.3 Å². The Labute approximate surface area is 206 Å². The molecule has 2 unspecified atom stereocenters. The number of aromatic nitrogens is 1. The van der Waals surface area contributed by atoms with E-state index >= 15 is 0 Å². The third-order valence-corrected chi connectivity index (χ3v) is 6.88. The van der Waals surface area contributed by atoms with Crippen molar-refractivity contribution in [3.63, 3.8) is 0 Å². The van der Waals surface area contributed by atoms with Crippen LogP contribution in [0.4, 0.5) is 11.4 Å². The van der Waals surface area contributed by atoms with Crippen LogP contribution in [0.3, 0.4) is 0 Å². The highest BCUT2D eigenvalue weighted by Gasteiger charge is 2.34. The zero-order valence-electron chi connectivity index (χ0n) is 19.1. The summed E-state index contributed by atoms with van der Waals surface area (Å²) in [6.45, 7) is 0. The molecule has 1 N–H and O–H groups in total. The number of para-hydroxylation sites is 1. The first-order valence-corrected chi connectivity index (χ1v) is 12.4. The Hall–Kier alpha value is -3.75. The molecule has 1 heterocycles. The highest BCUT2D eigenvalue weighted by atomic mass is 32.2. The van der Waals surface area contributed by atoms with E-state index in [1.807, 2.05) is 42.5 Å². The molecule has 8 heteroatoms. The van der Waals surface area contributed by atoms with Gasteiger partial charge in [0.1, 0.15) is 5.75 Å². The minimum atomic E-state index is -2.72. The van der Waals surface area contributed by atoms with Crippen LogP contribution in [0.2, 0.25) is 0 Å². The maximum Gasteiger partial charge on any atom is 0.254 e. The Kier molecular flexibility index (Phi) is 6.48. The zero-order valence-corrected chi connectivity index (χ0v) is 19.9. The summed E-state index contributed by atoms with van der Waals surface area (Å²) in [5.41, 5.74) is 2.31. The number of rotatable bonds is 8. The topological polar surface area (TPSA) is 94.6 Å². The SMILES string of the molecule is COc1ccc(N(c2cccc3cccnc23)S(=O)[O-])c(C(=O)NC(c2ccccc2)C2CC2)c1. The van der Waals surface area contributed by atoms with Crippen molar-refractivity contribution in [2.45, 2.75) is 18.9 Å². The summed E-state index contributed by atoms with van der Waals surface area (Å²) < 4.78 is 31.6. The molecular formula is C27H24N3O4S-. The molecule has 3 aromatic carbocycles. The van der Waals surface area contributed by atoms with Crippen LogP contribution < -0.4 is 14.4 Å². The summed E-state index contributed by atoms with van der Waals surface area (Å²) in [6, 6.07) is 23.4. The van der Waals surface area contributed by atoms with E-state index in [0.29, 0.717) is 22.9 Å². The predicted molar refractivity (Wildman–Crippen MR) is 135 cm³/mol. The van der Waals surface area contributed by atoms with Gasteiger partial charge in [0.15, 0.2) is 0 Å². The van der Waals surface area contributed by atoms with Crippen molar-refractivity contribution in [3.8, 4) is 5.75 Å². The molecule has 1 aliphatic rings. The van der Waals surface area contributed by atoms with Gasteiger partial charge in [-0.1, -0.05) is 48.5 Å². The van der Waals surface area contributed by atoms with E-state index in [1.165, 1.54) is 7.11 Å². The third-order valence-electron chi connectivity index (χ3n) is 6.19. The fourth-order valence-corrected chi connectivity index (χ4v) is 4.95. The second-order valence-corrected chi connectivity index (χ2v) is 9.25. The van der Waals surface area contributed by atoms with Gasteiger partial charge in [-0.3, -0.25) is 18.3 Å². The van der Waals surface area contributed by atoms with Gasteiger partial charge in [-0.05, 0) is 54.7 Å². The lowest BCUT2D eigenvalue weighted by molar-refractivity contribution is 0.0932. The van der Waals surface area contributed by atoms with Crippen LogP contribution in [0.5, 0.6) is 5.75 Å². The van der Waals surface area contributed by atoms with Gasteiger partial charge in [0.05, 0.1) is 46.9 Å². The van der Waals surface area contributed by atoms with Crippen molar-refractivity contribution in [2.24, 2.45) is 5.92 Å². The van der Waals surface area contributed by atoms with Crippen molar-refractivity contribution in [1.29, 1.82) is 0 Å². The predicted octanol–water partition coefficient (Wildman–Crippen LogP) is 5.06. The maximum atomic E-state index is 13.7. The molecule has 1 saturated carbocycles. The number of carbonyl (C=O) groups excluding carboxylic acids is 1. The van der Waals surface area contributed by atoms with Crippen molar-refractivity contribution >= 4 is 39.5 Å². The van der Waals surface area contributed by atoms with Crippen molar-refractivity contribution in [1.82, 2.24) is 10.3 Å². The van der Waals surface area contributed by atoms with Gasteiger partial charge in [-0.25, -0.2) is 0 Å². The second-order valence-electron chi connectivity index (χ2n) is 8.45. The van der Waals surface area contributed by atoms with E-state index in [9.17, 15) is 13.6 Å². The molecular weight excluding hydrogens is 462 g/mol. The Morgan fingerprint density at radius 3 is 2.54 bits per heavy atom. The van der Waals surface area contributed by atoms with E-state index < -0.39 is 11.3 Å². The largest absolute Gasteiger partial charge is 0.755 e. The Morgan fingerprint density at radius 2 is 1.83 bits per heavy atom. The minimum absolute atomic E-state index is 0.159. The lowest BCUT2D eigenvalue weighted by Gasteiger charge is -2.29. The van der Waals surface area contributed by atoms with E-state index in [4.69, 9.17) is 4.74 Å². The first-order valence-electron chi connectivity index (χ1n) is 11.3.